The van der Waals surface area contributed by atoms with Crippen LogP contribution in [-0.2, 0) is 6.54 Å². The van der Waals surface area contributed by atoms with E-state index >= 15 is 0 Å². The Morgan fingerprint density at radius 1 is 1.46 bits per heavy atom. The highest BCUT2D eigenvalue weighted by atomic mass is 79.9. The summed E-state index contributed by atoms with van der Waals surface area (Å²) in [7, 11) is 0. The molecule has 1 aromatic rings. The molecule has 2 rings (SSSR count). The van der Waals surface area contributed by atoms with Crippen molar-refractivity contribution in [3.05, 3.63) is 22.6 Å². The van der Waals surface area contributed by atoms with Crippen LogP contribution in [-0.4, -0.2) is 31.1 Å². The second-order valence-electron chi connectivity index (χ2n) is 3.22. The zero-order valence-electron chi connectivity index (χ0n) is 7.42. The SMILES string of the molecule is Brc1ccoc1CN1CCNCC1. The lowest BCUT2D eigenvalue weighted by molar-refractivity contribution is 0.215. The fraction of sp³-hybridized carbons (Fsp3) is 0.556. The van der Waals surface area contributed by atoms with E-state index in [0.717, 1.165) is 43.0 Å². The molecule has 1 aliphatic heterocycles. The highest BCUT2D eigenvalue weighted by Gasteiger charge is 2.12. The Labute approximate surface area is 86.2 Å². The molecule has 0 amide bonds. The number of rotatable bonds is 2. The number of hydrogen-bond donors (Lipinski definition) is 1. The number of nitrogens with one attached hydrogen (secondary N) is 1. The van der Waals surface area contributed by atoms with Gasteiger partial charge in [0.25, 0.3) is 0 Å². The average Bonchev–Trinajstić information content (AvgIpc) is 2.54. The molecular formula is C9H13BrN2O. The normalized spacial score (nSPS) is 19.2. The zero-order chi connectivity index (χ0) is 9.10. The molecule has 4 heteroatoms. The molecule has 0 aromatic carbocycles. The van der Waals surface area contributed by atoms with Crippen LogP contribution >= 0.6 is 15.9 Å². The third kappa shape index (κ3) is 2.33. The molecule has 0 spiro atoms. The molecule has 13 heavy (non-hydrogen) atoms. The van der Waals surface area contributed by atoms with Gasteiger partial charge in [0, 0.05) is 26.2 Å². The van der Waals surface area contributed by atoms with Crippen LogP contribution in [0.4, 0.5) is 0 Å². The van der Waals surface area contributed by atoms with Crippen LogP contribution in [0.2, 0.25) is 0 Å². The van der Waals surface area contributed by atoms with Crippen molar-refractivity contribution in [3.8, 4) is 0 Å². The van der Waals surface area contributed by atoms with E-state index in [2.05, 4.69) is 26.1 Å². The van der Waals surface area contributed by atoms with Crippen molar-refractivity contribution in [2.24, 2.45) is 0 Å². The van der Waals surface area contributed by atoms with Gasteiger partial charge in [-0.05, 0) is 22.0 Å². The first-order valence-electron chi connectivity index (χ1n) is 4.51. The zero-order valence-corrected chi connectivity index (χ0v) is 9.01. The average molecular weight is 245 g/mol. The van der Waals surface area contributed by atoms with E-state index < -0.39 is 0 Å². The maximum atomic E-state index is 5.36. The largest absolute Gasteiger partial charge is 0.467 e. The van der Waals surface area contributed by atoms with Crippen LogP contribution in [0.25, 0.3) is 0 Å². The molecule has 0 bridgehead atoms. The van der Waals surface area contributed by atoms with E-state index in [0.29, 0.717) is 0 Å². The fourth-order valence-electron chi connectivity index (χ4n) is 1.51. The van der Waals surface area contributed by atoms with Crippen LogP contribution < -0.4 is 5.32 Å². The fourth-order valence-corrected chi connectivity index (χ4v) is 1.84. The minimum Gasteiger partial charge on any atom is -0.467 e. The second-order valence-corrected chi connectivity index (χ2v) is 4.07. The maximum absolute atomic E-state index is 5.36. The third-order valence-corrected chi connectivity index (χ3v) is 2.97. The van der Waals surface area contributed by atoms with Crippen molar-refractivity contribution in [1.82, 2.24) is 10.2 Å². The lowest BCUT2D eigenvalue weighted by Gasteiger charge is -2.26. The summed E-state index contributed by atoms with van der Waals surface area (Å²) in [6.07, 6.45) is 1.72. The first-order valence-corrected chi connectivity index (χ1v) is 5.30. The first-order chi connectivity index (χ1) is 6.36. The Balaban J connectivity index is 1.93. The van der Waals surface area contributed by atoms with E-state index in [4.69, 9.17) is 4.42 Å². The Kier molecular flexibility index (Phi) is 3.03. The van der Waals surface area contributed by atoms with Crippen molar-refractivity contribution in [1.29, 1.82) is 0 Å². The summed E-state index contributed by atoms with van der Waals surface area (Å²) >= 11 is 3.46. The molecule has 2 heterocycles. The summed E-state index contributed by atoms with van der Waals surface area (Å²) < 4.78 is 6.43. The summed E-state index contributed by atoms with van der Waals surface area (Å²) in [5.74, 6) is 1.03. The maximum Gasteiger partial charge on any atom is 0.131 e. The van der Waals surface area contributed by atoms with E-state index in [1.165, 1.54) is 0 Å². The number of hydrogen-bond acceptors (Lipinski definition) is 3. The standard InChI is InChI=1S/C9H13BrN2O/c10-8-1-6-13-9(8)7-12-4-2-11-3-5-12/h1,6,11H,2-5,7H2. The van der Waals surface area contributed by atoms with Gasteiger partial charge < -0.3 is 9.73 Å². The van der Waals surface area contributed by atoms with Crippen LogP contribution in [0.15, 0.2) is 21.2 Å². The second kappa shape index (κ2) is 4.26. The third-order valence-electron chi connectivity index (χ3n) is 2.27. The van der Waals surface area contributed by atoms with Crippen molar-refractivity contribution in [2.75, 3.05) is 26.2 Å². The molecule has 0 radical (unpaired) electrons. The van der Waals surface area contributed by atoms with Gasteiger partial charge in [-0.15, -0.1) is 0 Å². The molecule has 72 valence electrons. The van der Waals surface area contributed by atoms with Crippen LogP contribution in [0.1, 0.15) is 5.76 Å². The molecule has 1 fully saturated rings. The van der Waals surface area contributed by atoms with Crippen molar-refractivity contribution in [3.63, 3.8) is 0 Å². The molecule has 1 saturated heterocycles. The number of piperazine rings is 1. The van der Waals surface area contributed by atoms with E-state index in [1.807, 2.05) is 6.07 Å². The minimum absolute atomic E-state index is 0.912. The lowest BCUT2D eigenvalue weighted by Crippen LogP contribution is -2.42. The molecule has 3 nitrogen and oxygen atoms in total. The monoisotopic (exact) mass is 244 g/mol. The van der Waals surface area contributed by atoms with Gasteiger partial charge in [0.1, 0.15) is 5.76 Å². The molecular weight excluding hydrogens is 232 g/mol. The summed E-state index contributed by atoms with van der Waals surface area (Å²) in [5.41, 5.74) is 0. The minimum atomic E-state index is 0.912. The van der Waals surface area contributed by atoms with Crippen LogP contribution in [0.3, 0.4) is 0 Å². The van der Waals surface area contributed by atoms with Crippen LogP contribution in [0, 0.1) is 0 Å². The number of halogens is 1. The first kappa shape index (κ1) is 9.24. The summed E-state index contributed by atoms with van der Waals surface area (Å²) in [5, 5.41) is 3.32. The van der Waals surface area contributed by atoms with Gasteiger partial charge in [0.05, 0.1) is 17.3 Å². The molecule has 0 aliphatic carbocycles. The number of furan rings is 1. The Morgan fingerprint density at radius 2 is 2.23 bits per heavy atom. The highest BCUT2D eigenvalue weighted by Crippen LogP contribution is 2.19. The van der Waals surface area contributed by atoms with Gasteiger partial charge in [-0.1, -0.05) is 0 Å². The van der Waals surface area contributed by atoms with E-state index in [9.17, 15) is 0 Å². The topological polar surface area (TPSA) is 28.4 Å². The molecule has 0 unspecified atom stereocenters. The summed E-state index contributed by atoms with van der Waals surface area (Å²) in [4.78, 5) is 2.39. The van der Waals surface area contributed by atoms with Crippen LogP contribution in [0.5, 0.6) is 0 Å². The predicted octanol–water partition coefficient (Wildman–Crippen LogP) is 1.45. The summed E-state index contributed by atoms with van der Waals surface area (Å²) in [6.45, 7) is 5.28. The van der Waals surface area contributed by atoms with Gasteiger partial charge in [-0.3, -0.25) is 4.90 Å². The van der Waals surface area contributed by atoms with Gasteiger partial charge >= 0.3 is 0 Å². The molecule has 1 aromatic heterocycles. The molecule has 0 atom stereocenters. The predicted molar refractivity (Wildman–Crippen MR) is 54.6 cm³/mol. The van der Waals surface area contributed by atoms with E-state index in [-0.39, 0.29) is 0 Å². The van der Waals surface area contributed by atoms with E-state index in [1.54, 1.807) is 6.26 Å². The highest BCUT2D eigenvalue weighted by molar-refractivity contribution is 9.10. The van der Waals surface area contributed by atoms with Gasteiger partial charge in [0.2, 0.25) is 0 Å². The Morgan fingerprint density at radius 3 is 2.85 bits per heavy atom. The number of nitrogens with zero attached hydrogens (tertiary/aromatic N) is 1. The van der Waals surface area contributed by atoms with Crippen molar-refractivity contribution in [2.45, 2.75) is 6.54 Å². The molecule has 1 N–H and O–H groups in total. The van der Waals surface area contributed by atoms with Gasteiger partial charge in [-0.25, -0.2) is 0 Å². The van der Waals surface area contributed by atoms with Crippen molar-refractivity contribution >= 4 is 15.9 Å². The lowest BCUT2D eigenvalue weighted by atomic mass is 10.3. The summed E-state index contributed by atoms with van der Waals surface area (Å²) in [6, 6.07) is 1.94. The quantitative estimate of drug-likeness (QED) is 0.854. The van der Waals surface area contributed by atoms with Crippen molar-refractivity contribution < 1.29 is 4.42 Å². The van der Waals surface area contributed by atoms with Gasteiger partial charge in [0.15, 0.2) is 0 Å². The molecule has 1 aliphatic rings. The smallest absolute Gasteiger partial charge is 0.131 e. The Hall–Kier alpha value is -0.320. The van der Waals surface area contributed by atoms with Gasteiger partial charge in [-0.2, -0.15) is 0 Å². The Bertz CT molecular complexity index is 268. The molecule has 0 saturated carbocycles.